The maximum atomic E-state index is 12.1. The molecule has 0 N–H and O–H groups in total. The zero-order chi connectivity index (χ0) is 13.8. The SMILES string of the molecule is CCCC(C#N)N1CCN(C(=O)C(C)(C)C)CC1. The van der Waals surface area contributed by atoms with Gasteiger partial charge in [0.05, 0.1) is 12.1 Å². The summed E-state index contributed by atoms with van der Waals surface area (Å²) >= 11 is 0. The topological polar surface area (TPSA) is 47.3 Å². The highest BCUT2D eigenvalue weighted by Crippen LogP contribution is 2.19. The average Bonchev–Trinajstić information content (AvgIpc) is 2.34. The molecule has 0 aromatic rings. The van der Waals surface area contributed by atoms with Crippen molar-refractivity contribution in [3.8, 4) is 6.07 Å². The molecule has 1 atom stereocenters. The van der Waals surface area contributed by atoms with Crippen LogP contribution in [0.3, 0.4) is 0 Å². The van der Waals surface area contributed by atoms with E-state index in [9.17, 15) is 4.79 Å². The molecule has 0 aromatic heterocycles. The Hall–Kier alpha value is -1.08. The molecule has 0 saturated carbocycles. The summed E-state index contributed by atoms with van der Waals surface area (Å²) in [6.45, 7) is 11.1. The lowest BCUT2D eigenvalue weighted by atomic mass is 9.94. The number of carbonyl (C=O) groups is 1. The van der Waals surface area contributed by atoms with Gasteiger partial charge in [0.15, 0.2) is 0 Å². The molecular weight excluding hydrogens is 226 g/mol. The van der Waals surface area contributed by atoms with Gasteiger partial charge in [-0.05, 0) is 6.42 Å². The van der Waals surface area contributed by atoms with Crippen LogP contribution >= 0.6 is 0 Å². The Kier molecular flexibility index (Phi) is 5.15. The predicted molar refractivity (Wildman–Crippen MR) is 71.9 cm³/mol. The summed E-state index contributed by atoms with van der Waals surface area (Å²) in [7, 11) is 0. The van der Waals surface area contributed by atoms with E-state index < -0.39 is 0 Å². The molecular formula is C14H25N3O. The molecule has 18 heavy (non-hydrogen) atoms. The normalized spacial score (nSPS) is 19.4. The van der Waals surface area contributed by atoms with Gasteiger partial charge in [-0.15, -0.1) is 0 Å². The Balaban J connectivity index is 2.51. The van der Waals surface area contributed by atoms with Gasteiger partial charge in [-0.3, -0.25) is 9.69 Å². The predicted octanol–water partition coefficient (Wildman–Crippen LogP) is 1.87. The molecule has 1 aliphatic heterocycles. The van der Waals surface area contributed by atoms with Crippen molar-refractivity contribution >= 4 is 5.91 Å². The van der Waals surface area contributed by atoms with Crippen molar-refractivity contribution < 1.29 is 4.79 Å². The third-order valence-corrected chi connectivity index (χ3v) is 3.39. The summed E-state index contributed by atoms with van der Waals surface area (Å²) in [4.78, 5) is 16.3. The Morgan fingerprint density at radius 1 is 1.28 bits per heavy atom. The number of nitriles is 1. The minimum Gasteiger partial charge on any atom is -0.340 e. The van der Waals surface area contributed by atoms with E-state index in [1.165, 1.54) is 0 Å². The van der Waals surface area contributed by atoms with Crippen LogP contribution in [-0.2, 0) is 4.79 Å². The molecule has 4 heteroatoms. The third kappa shape index (κ3) is 3.71. The molecule has 1 rings (SSSR count). The Bertz CT molecular complexity index is 319. The van der Waals surface area contributed by atoms with E-state index in [4.69, 9.17) is 5.26 Å². The van der Waals surface area contributed by atoms with Gasteiger partial charge in [-0.1, -0.05) is 34.1 Å². The van der Waals surface area contributed by atoms with E-state index in [0.717, 1.165) is 39.0 Å². The second-order valence-corrected chi connectivity index (χ2v) is 6.01. The van der Waals surface area contributed by atoms with Gasteiger partial charge in [-0.2, -0.15) is 5.26 Å². The van der Waals surface area contributed by atoms with Crippen molar-refractivity contribution in [2.45, 2.75) is 46.6 Å². The molecule has 1 aliphatic rings. The van der Waals surface area contributed by atoms with Gasteiger partial charge in [-0.25, -0.2) is 0 Å². The Labute approximate surface area is 111 Å². The fraction of sp³-hybridized carbons (Fsp3) is 0.857. The van der Waals surface area contributed by atoms with Crippen molar-refractivity contribution in [2.24, 2.45) is 5.41 Å². The molecule has 4 nitrogen and oxygen atoms in total. The van der Waals surface area contributed by atoms with Crippen LogP contribution in [0.1, 0.15) is 40.5 Å². The molecule has 1 heterocycles. The summed E-state index contributed by atoms with van der Waals surface area (Å²) in [5.41, 5.74) is -0.305. The average molecular weight is 251 g/mol. The number of rotatable bonds is 3. The molecule has 1 saturated heterocycles. The fourth-order valence-electron chi connectivity index (χ4n) is 2.31. The number of nitrogens with zero attached hydrogens (tertiary/aromatic N) is 3. The van der Waals surface area contributed by atoms with Crippen LogP contribution in [0.4, 0.5) is 0 Å². The van der Waals surface area contributed by atoms with Crippen LogP contribution in [0.5, 0.6) is 0 Å². The van der Waals surface area contributed by atoms with E-state index in [-0.39, 0.29) is 17.4 Å². The zero-order valence-electron chi connectivity index (χ0n) is 12.1. The molecule has 0 radical (unpaired) electrons. The van der Waals surface area contributed by atoms with E-state index in [2.05, 4.69) is 17.9 Å². The highest BCUT2D eigenvalue weighted by Gasteiger charge is 2.31. The van der Waals surface area contributed by atoms with Crippen molar-refractivity contribution in [1.29, 1.82) is 5.26 Å². The summed E-state index contributed by atoms with van der Waals surface area (Å²) < 4.78 is 0. The van der Waals surface area contributed by atoms with E-state index in [1.807, 2.05) is 25.7 Å². The maximum absolute atomic E-state index is 12.1. The summed E-state index contributed by atoms with van der Waals surface area (Å²) in [5, 5.41) is 9.14. The second kappa shape index (κ2) is 6.19. The van der Waals surface area contributed by atoms with Crippen LogP contribution in [-0.4, -0.2) is 47.9 Å². The van der Waals surface area contributed by atoms with Crippen LogP contribution in [0, 0.1) is 16.7 Å². The van der Waals surface area contributed by atoms with Crippen LogP contribution in [0.15, 0.2) is 0 Å². The highest BCUT2D eigenvalue weighted by atomic mass is 16.2. The molecule has 1 amide bonds. The van der Waals surface area contributed by atoms with E-state index in [1.54, 1.807) is 0 Å². The lowest BCUT2D eigenvalue weighted by Crippen LogP contribution is -2.53. The fourth-order valence-corrected chi connectivity index (χ4v) is 2.31. The molecule has 0 aromatic carbocycles. The molecule has 1 unspecified atom stereocenters. The van der Waals surface area contributed by atoms with Gasteiger partial charge >= 0.3 is 0 Å². The monoisotopic (exact) mass is 251 g/mol. The van der Waals surface area contributed by atoms with Gasteiger partial charge in [0.2, 0.25) is 5.91 Å². The highest BCUT2D eigenvalue weighted by molar-refractivity contribution is 5.81. The summed E-state index contributed by atoms with van der Waals surface area (Å²) in [6.07, 6.45) is 1.95. The first-order valence-corrected chi connectivity index (χ1v) is 6.83. The van der Waals surface area contributed by atoms with E-state index >= 15 is 0 Å². The van der Waals surface area contributed by atoms with Gasteiger partial charge < -0.3 is 4.90 Å². The summed E-state index contributed by atoms with van der Waals surface area (Å²) in [6, 6.07) is 2.39. The van der Waals surface area contributed by atoms with Crippen LogP contribution in [0.2, 0.25) is 0 Å². The van der Waals surface area contributed by atoms with Crippen LogP contribution in [0.25, 0.3) is 0 Å². The number of hydrogen-bond donors (Lipinski definition) is 0. The standard InChI is InChI=1S/C14H25N3O/c1-5-6-12(11-15)16-7-9-17(10-8-16)13(18)14(2,3)4/h12H,5-10H2,1-4H3. The maximum Gasteiger partial charge on any atom is 0.228 e. The lowest BCUT2D eigenvalue weighted by Gasteiger charge is -2.39. The molecule has 0 aliphatic carbocycles. The smallest absolute Gasteiger partial charge is 0.228 e. The van der Waals surface area contributed by atoms with Gasteiger partial charge in [0, 0.05) is 31.6 Å². The molecule has 0 spiro atoms. The zero-order valence-corrected chi connectivity index (χ0v) is 12.1. The van der Waals surface area contributed by atoms with Gasteiger partial charge in [0.1, 0.15) is 0 Å². The van der Waals surface area contributed by atoms with Crippen molar-refractivity contribution in [2.75, 3.05) is 26.2 Å². The van der Waals surface area contributed by atoms with Crippen molar-refractivity contribution in [3.05, 3.63) is 0 Å². The first-order chi connectivity index (χ1) is 8.40. The van der Waals surface area contributed by atoms with E-state index in [0.29, 0.717) is 0 Å². The number of piperazine rings is 1. The third-order valence-electron chi connectivity index (χ3n) is 3.39. The first-order valence-electron chi connectivity index (χ1n) is 6.83. The molecule has 102 valence electrons. The van der Waals surface area contributed by atoms with Crippen molar-refractivity contribution in [1.82, 2.24) is 9.80 Å². The Morgan fingerprint density at radius 2 is 1.83 bits per heavy atom. The molecule has 1 fully saturated rings. The Morgan fingerprint density at radius 3 is 2.22 bits per heavy atom. The minimum atomic E-state index is -0.305. The lowest BCUT2D eigenvalue weighted by molar-refractivity contribution is -0.141. The summed E-state index contributed by atoms with van der Waals surface area (Å²) in [5.74, 6) is 0.214. The number of hydrogen-bond acceptors (Lipinski definition) is 3. The second-order valence-electron chi connectivity index (χ2n) is 6.01. The molecule has 0 bridgehead atoms. The number of carbonyl (C=O) groups excluding carboxylic acids is 1. The quantitative estimate of drug-likeness (QED) is 0.769. The number of amides is 1. The first kappa shape index (κ1) is 15.0. The van der Waals surface area contributed by atoms with Crippen LogP contribution < -0.4 is 0 Å². The minimum absolute atomic E-state index is 0.0156. The van der Waals surface area contributed by atoms with Gasteiger partial charge in [0.25, 0.3) is 0 Å². The largest absolute Gasteiger partial charge is 0.340 e. The van der Waals surface area contributed by atoms with Crippen molar-refractivity contribution in [3.63, 3.8) is 0 Å².